The van der Waals surface area contributed by atoms with Crippen molar-refractivity contribution in [3.8, 4) is 23.0 Å². The summed E-state index contributed by atoms with van der Waals surface area (Å²) in [4.78, 5) is 13.3. The summed E-state index contributed by atoms with van der Waals surface area (Å²) in [7, 11) is 5.92. The minimum absolute atomic E-state index is 0. The summed E-state index contributed by atoms with van der Waals surface area (Å²) in [5, 5.41) is 0.906. The fourth-order valence-electron chi connectivity index (χ4n) is 2.78. The Bertz CT molecular complexity index is 875. The van der Waals surface area contributed by atoms with Crippen LogP contribution >= 0.6 is 20.2 Å². The van der Waals surface area contributed by atoms with E-state index in [9.17, 15) is 4.79 Å². The molecule has 2 aromatic carbocycles. The Morgan fingerprint density at radius 3 is 1.85 bits per heavy atom. The number of carbonyl (C=O) groups is 1. The monoisotopic (exact) mass is 508 g/mol. The molecule has 0 aliphatic heterocycles. The van der Waals surface area contributed by atoms with Gasteiger partial charge in [-0.05, 0) is 20.7 Å². The van der Waals surface area contributed by atoms with Crippen LogP contribution in [0.1, 0.15) is 11.8 Å². The first-order valence-corrected chi connectivity index (χ1v) is 11.6. The molecule has 1 atom stereocenters. The van der Waals surface area contributed by atoms with Gasteiger partial charge in [0.1, 0.15) is 42.8 Å². The number of methoxy groups -OCH3 is 4. The molecule has 0 saturated heterocycles. The first-order chi connectivity index (χ1) is 16.0. The molecular weight excluding hydrogens is 478 g/mol. The van der Waals surface area contributed by atoms with Crippen molar-refractivity contribution in [2.45, 2.75) is 0 Å². The third-order valence-corrected chi connectivity index (χ3v) is 5.88. The van der Waals surface area contributed by atoms with Gasteiger partial charge in [-0.3, -0.25) is 4.79 Å². The van der Waals surface area contributed by atoms with E-state index in [-0.39, 0.29) is 47.6 Å². The Morgan fingerprint density at radius 2 is 1.35 bits per heavy atom. The third kappa shape index (κ3) is 9.28. The van der Waals surface area contributed by atoms with Crippen LogP contribution in [0.3, 0.4) is 0 Å². The molecule has 2 aromatic rings. The molecule has 0 heterocycles. The van der Waals surface area contributed by atoms with Gasteiger partial charge < -0.3 is 34.6 Å². The summed E-state index contributed by atoms with van der Waals surface area (Å²) in [6.45, 7) is 2.11. The quantitative estimate of drug-likeness (QED) is 0.186. The van der Waals surface area contributed by atoms with Crippen LogP contribution in [0.2, 0.25) is 5.02 Å². The van der Waals surface area contributed by atoms with E-state index < -0.39 is 0 Å². The Balaban J connectivity index is 0.00000578. The number of halogens is 1. The van der Waals surface area contributed by atoms with Gasteiger partial charge in [-0.15, -0.1) is 0 Å². The van der Waals surface area contributed by atoms with Gasteiger partial charge in [0.2, 0.25) is 0 Å². The maximum Gasteiger partial charge on any atom is 1.00 e. The Morgan fingerprint density at radius 1 is 0.824 bits per heavy atom. The standard InChI is InChI=1S/C23H30ClO8P.Li.H/c1-26-8-11-30-16-14-19(31-12-9-27-2)22(20(15-16)32-13-10-28-3)33-23(25)21-17(24)6-5-7-18(21)29-4;;/h5-7,14-15,33H,8-13H2,1-4H3;;/q;+1;-1. The predicted molar refractivity (Wildman–Crippen MR) is 130 cm³/mol. The normalized spacial score (nSPS) is 10.7. The predicted octanol–water partition coefficient (Wildman–Crippen LogP) is 0.685. The van der Waals surface area contributed by atoms with Crippen LogP contribution in [0.25, 0.3) is 0 Å². The molecule has 1 unspecified atom stereocenters. The van der Waals surface area contributed by atoms with Crippen molar-refractivity contribution in [3.05, 3.63) is 40.9 Å². The van der Waals surface area contributed by atoms with Crippen LogP contribution in [0, 0.1) is 0 Å². The van der Waals surface area contributed by atoms with Crippen LogP contribution in [-0.4, -0.2) is 73.6 Å². The second kappa shape index (κ2) is 17.0. The largest absolute Gasteiger partial charge is 1.00 e. The van der Waals surface area contributed by atoms with Crippen LogP contribution in [0.15, 0.2) is 30.3 Å². The zero-order chi connectivity index (χ0) is 24.1. The molecule has 0 aliphatic rings. The fourth-order valence-corrected chi connectivity index (χ4v) is 4.26. The fraction of sp³-hybridized carbons (Fsp3) is 0.435. The summed E-state index contributed by atoms with van der Waals surface area (Å²) in [5.41, 5.74) is 0.102. The molecule has 0 aromatic heterocycles. The van der Waals surface area contributed by atoms with Crippen molar-refractivity contribution in [1.82, 2.24) is 0 Å². The van der Waals surface area contributed by atoms with Gasteiger partial charge in [0.25, 0.3) is 0 Å². The molecule has 184 valence electrons. The average molecular weight is 509 g/mol. The molecule has 0 fully saturated rings. The van der Waals surface area contributed by atoms with E-state index in [1.807, 2.05) is 0 Å². The van der Waals surface area contributed by atoms with Crippen LogP contribution < -0.4 is 43.1 Å². The Labute approximate surface area is 220 Å². The summed E-state index contributed by atoms with van der Waals surface area (Å²) < 4.78 is 38.2. The summed E-state index contributed by atoms with van der Waals surface area (Å²) in [5.74, 6) is 1.87. The van der Waals surface area contributed by atoms with Crippen molar-refractivity contribution in [1.29, 1.82) is 0 Å². The maximum atomic E-state index is 13.3. The summed E-state index contributed by atoms with van der Waals surface area (Å²) >= 11 is 6.33. The number of benzene rings is 2. The molecular formula is C23H31ClLiO8P. The van der Waals surface area contributed by atoms with Crippen LogP contribution in [0.4, 0.5) is 0 Å². The van der Waals surface area contributed by atoms with Gasteiger partial charge in [-0.25, -0.2) is 0 Å². The second-order valence-corrected chi connectivity index (χ2v) is 8.20. The number of hydrogen-bond acceptors (Lipinski definition) is 8. The molecule has 0 radical (unpaired) electrons. The van der Waals surface area contributed by atoms with E-state index in [2.05, 4.69) is 0 Å². The molecule has 0 spiro atoms. The molecule has 8 nitrogen and oxygen atoms in total. The van der Waals surface area contributed by atoms with Gasteiger partial charge in [-0.1, -0.05) is 17.7 Å². The topological polar surface area (TPSA) is 81.7 Å². The second-order valence-electron chi connectivity index (χ2n) is 6.59. The minimum Gasteiger partial charge on any atom is -1.00 e. The minimum atomic E-state index is -0.343. The molecule has 34 heavy (non-hydrogen) atoms. The van der Waals surface area contributed by atoms with E-state index in [1.165, 1.54) is 7.11 Å². The number of carbonyl (C=O) groups excluding carboxylic acids is 1. The van der Waals surface area contributed by atoms with E-state index in [4.69, 9.17) is 44.8 Å². The van der Waals surface area contributed by atoms with Crippen molar-refractivity contribution in [2.75, 3.05) is 68.1 Å². The van der Waals surface area contributed by atoms with Gasteiger partial charge in [0.15, 0.2) is 5.52 Å². The first kappa shape index (κ1) is 30.5. The Hall–Kier alpha value is -1.49. The van der Waals surface area contributed by atoms with Crippen LogP contribution in [-0.2, 0) is 14.2 Å². The van der Waals surface area contributed by atoms with Crippen molar-refractivity contribution in [3.63, 3.8) is 0 Å². The average Bonchev–Trinajstić information content (AvgIpc) is 2.81. The molecule has 0 saturated carbocycles. The van der Waals surface area contributed by atoms with E-state index >= 15 is 0 Å². The number of hydrogen-bond donors (Lipinski definition) is 0. The number of rotatable bonds is 16. The van der Waals surface area contributed by atoms with Gasteiger partial charge in [-0.2, -0.15) is 0 Å². The van der Waals surface area contributed by atoms with Gasteiger partial charge >= 0.3 is 18.9 Å². The third-order valence-electron chi connectivity index (χ3n) is 4.35. The van der Waals surface area contributed by atoms with E-state index in [1.54, 1.807) is 51.7 Å². The van der Waals surface area contributed by atoms with Crippen molar-refractivity contribution < 1.29 is 58.2 Å². The molecule has 0 aliphatic carbocycles. The maximum absolute atomic E-state index is 13.3. The molecule has 2 rings (SSSR count). The summed E-state index contributed by atoms with van der Waals surface area (Å²) in [6.07, 6.45) is 0. The molecule has 0 bridgehead atoms. The molecule has 0 amide bonds. The smallest absolute Gasteiger partial charge is 1.00 e. The zero-order valence-electron chi connectivity index (χ0n) is 21.3. The van der Waals surface area contributed by atoms with Crippen molar-refractivity contribution in [2.24, 2.45) is 0 Å². The number of ether oxygens (including phenoxy) is 7. The van der Waals surface area contributed by atoms with Gasteiger partial charge in [0, 0.05) is 33.5 Å². The van der Waals surface area contributed by atoms with Crippen LogP contribution in [0.5, 0.6) is 23.0 Å². The van der Waals surface area contributed by atoms with E-state index in [0.29, 0.717) is 65.3 Å². The Kier molecular flexibility index (Phi) is 15.3. The van der Waals surface area contributed by atoms with Crippen molar-refractivity contribution >= 4 is 31.0 Å². The zero-order valence-corrected chi connectivity index (χ0v) is 22.0. The van der Waals surface area contributed by atoms with E-state index in [0.717, 1.165) is 0 Å². The molecule has 0 N–H and O–H groups in total. The summed E-state index contributed by atoms with van der Waals surface area (Å²) in [6, 6.07) is 8.54. The SMILES string of the molecule is COCCOc1cc(OCCOC)c(PC(=O)c2c(Cl)cccc2OC)c(OCCOC)c1.[H-].[Li+]. The first-order valence-electron chi connectivity index (χ1n) is 10.2. The molecule has 11 heteroatoms. The van der Waals surface area contributed by atoms with Gasteiger partial charge in [0.05, 0.1) is 42.8 Å².